The predicted molar refractivity (Wildman–Crippen MR) is 78.0 cm³/mol. The fourth-order valence-electron chi connectivity index (χ4n) is 2.02. The van der Waals surface area contributed by atoms with E-state index in [0.717, 1.165) is 12.8 Å². The average Bonchev–Trinajstić information content (AvgIpc) is 2.27. The molecule has 1 aromatic rings. The maximum Gasteiger partial charge on any atom is 0.243 e. The molecule has 1 aliphatic carbocycles. The van der Waals surface area contributed by atoms with Gasteiger partial charge in [0.05, 0.1) is 10.0 Å². The quantitative estimate of drug-likeness (QED) is 0.664. The molecule has 0 radical (unpaired) electrons. The lowest BCUT2D eigenvalue weighted by Gasteiger charge is -2.20. The summed E-state index contributed by atoms with van der Waals surface area (Å²) in [5.74, 6) is 0. The average molecular weight is 321 g/mol. The molecule has 1 aromatic carbocycles. The van der Waals surface area contributed by atoms with Crippen LogP contribution in [-0.4, -0.2) is 14.5 Å². The molecule has 0 aromatic heterocycles. The lowest BCUT2D eigenvalue weighted by Crippen LogP contribution is -2.35. The molecule has 0 aliphatic heterocycles. The topological polar surface area (TPSA) is 72.2 Å². The summed E-state index contributed by atoms with van der Waals surface area (Å²) in [7, 11) is -3.74. The summed E-state index contributed by atoms with van der Waals surface area (Å²) >= 11 is 11.9. The second kappa shape index (κ2) is 5.71. The SMILES string of the molecule is Nc1cc(Cl)c(S(=O)(=O)NC2CC=CCC2)c(Cl)c1. The zero-order valence-electron chi connectivity index (χ0n) is 10.1. The van der Waals surface area contributed by atoms with Crippen LogP contribution in [0.5, 0.6) is 0 Å². The third kappa shape index (κ3) is 3.42. The van der Waals surface area contributed by atoms with Gasteiger partial charge in [-0.05, 0) is 31.4 Å². The standard InChI is InChI=1S/C12H14Cl2N2O2S/c13-10-6-8(15)7-11(14)12(10)19(17,18)16-9-4-2-1-3-5-9/h1-2,6-7,9,16H,3-5,15H2. The first kappa shape index (κ1) is 14.7. The highest BCUT2D eigenvalue weighted by molar-refractivity contribution is 7.89. The number of allylic oxidation sites excluding steroid dienone is 1. The number of hydrogen-bond acceptors (Lipinski definition) is 3. The molecule has 1 unspecified atom stereocenters. The minimum absolute atomic E-state index is 0.0313. The van der Waals surface area contributed by atoms with Crippen molar-refractivity contribution in [3.8, 4) is 0 Å². The van der Waals surface area contributed by atoms with Crippen LogP contribution in [0.2, 0.25) is 10.0 Å². The second-order valence-corrected chi connectivity index (χ2v) is 6.88. The summed E-state index contributed by atoms with van der Waals surface area (Å²) in [4.78, 5) is -0.111. The Balaban J connectivity index is 2.32. The summed E-state index contributed by atoms with van der Waals surface area (Å²) in [5.41, 5.74) is 5.89. The molecule has 3 N–H and O–H groups in total. The van der Waals surface area contributed by atoms with E-state index in [1.807, 2.05) is 12.2 Å². The normalized spacial score (nSPS) is 19.6. The maximum atomic E-state index is 12.3. The molecule has 1 atom stereocenters. The first-order valence-electron chi connectivity index (χ1n) is 5.82. The summed E-state index contributed by atoms with van der Waals surface area (Å²) in [5, 5.41) is 0.0627. The van der Waals surface area contributed by atoms with Crippen molar-refractivity contribution in [1.29, 1.82) is 0 Å². The van der Waals surface area contributed by atoms with Crippen LogP contribution in [0, 0.1) is 0 Å². The highest BCUT2D eigenvalue weighted by atomic mass is 35.5. The summed E-state index contributed by atoms with van der Waals surface area (Å²) in [6, 6.07) is 2.63. The Bertz CT molecular complexity index is 591. The van der Waals surface area contributed by atoms with Gasteiger partial charge in [-0.2, -0.15) is 0 Å². The number of anilines is 1. The van der Waals surface area contributed by atoms with Crippen molar-refractivity contribution in [2.24, 2.45) is 0 Å². The van der Waals surface area contributed by atoms with Gasteiger partial charge in [0.1, 0.15) is 4.90 Å². The number of rotatable bonds is 3. The van der Waals surface area contributed by atoms with E-state index >= 15 is 0 Å². The van der Waals surface area contributed by atoms with E-state index in [0.29, 0.717) is 12.1 Å². The number of benzene rings is 1. The molecule has 7 heteroatoms. The van der Waals surface area contributed by atoms with Crippen LogP contribution in [-0.2, 0) is 10.0 Å². The number of hydrogen-bond donors (Lipinski definition) is 2. The van der Waals surface area contributed by atoms with Crippen LogP contribution in [0.3, 0.4) is 0 Å². The molecule has 0 fully saturated rings. The van der Waals surface area contributed by atoms with Crippen LogP contribution in [0.15, 0.2) is 29.2 Å². The zero-order valence-corrected chi connectivity index (χ0v) is 12.4. The highest BCUT2D eigenvalue weighted by Gasteiger charge is 2.25. The van der Waals surface area contributed by atoms with E-state index in [1.165, 1.54) is 12.1 Å². The molecule has 0 saturated heterocycles. The third-order valence-electron chi connectivity index (χ3n) is 2.88. The van der Waals surface area contributed by atoms with Crippen molar-refractivity contribution in [2.75, 3.05) is 5.73 Å². The molecular formula is C12H14Cl2N2O2S. The number of sulfonamides is 1. The van der Waals surface area contributed by atoms with Crippen LogP contribution in [0.4, 0.5) is 5.69 Å². The van der Waals surface area contributed by atoms with Crippen LogP contribution in [0.25, 0.3) is 0 Å². The minimum atomic E-state index is -3.74. The smallest absolute Gasteiger partial charge is 0.243 e. The molecule has 104 valence electrons. The van der Waals surface area contributed by atoms with Crippen molar-refractivity contribution in [1.82, 2.24) is 4.72 Å². The van der Waals surface area contributed by atoms with Crippen LogP contribution in [0.1, 0.15) is 19.3 Å². The fraction of sp³-hybridized carbons (Fsp3) is 0.333. The van der Waals surface area contributed by atoms with E-state index < -0.39 is 10.0 Å². The van der Waals surface area contributed by atoms with Crippen molar-refractivity contribution in [2.45, 2.75) is 30.2 Å². The summed E-state index contributed by atoms with van der Waals surface area (Å²) in [6.45, 7) is 0. The predicted octanol–water partition coefficient (Wildman–Crippen LogP) is 2.96. The van der Waals surface area contributed by atoms with Gasteiger partial charge in [-0.15, -0.1) is 0 Å². The Morgan fingerprint density at radius 1 is 1.21 bits per heavy atom. The second-order valence-electron chi connectivity index (χ2n) is 4.42. The maximum absolute atomic E-state index is 12.3. The molecule has 0 saturated carbocycles. The van der Waals surface area contributed by atoms with Crippen LogP contribution < -0.4 is 10.5 Å². The summed E-state index contributed by atoms with van der Waals surface area (Å²) in [6.07, 6.45) is 6.29. The largest absolute Gasteiger partial charge is 0.399 e. The van der Waals surface area contributed by atoms with Crippen LogP contribution >= 0.6 is 23.2 Å². The molecule has 0 amide bonds. The van der Waals surface area contributed by atoms with Gasteiger partial charge in [0, 0.05) is 11.7 Å². The van der Waals surface area contributed by atoms with E-state index in [2.05, 4.69) is 4.72 Å². The molecule has 0 bridgehead atoms. The Morgan fingerprint density at radius 3 is 2.37 bits per heavy atom. The first-order valence-corrected chi connectivity index (χ1v) is 8.06. The van der Waals surface area contributed by atoms with Gasteiger partial charge in [-0.25, -0.2) is 13.1 Å². The number of halogens is 2. The fourth-order valence-corrected chi connectivity index (χ4v) is 4.53. The molecule has 2 rings (SSSR count). The Morgan fingerprint density at radius 2 is 1.84 bits per heavy atom. The van der Waals surface area contributed by atoms with E-state index in [1.54, 1.807) is 0 Å². The van der Waals surface area contributed by atoms with Crippen molar-refractivity contribution >= 4 is 38.9 Å². The lowest BCUT2D eigenvalue weighted by molar-refractivity contribution is 0.522. The van der Waals surface area contributed by atoms with Crippen molar-refractivity contribution in [3.63, 3.8) is 0 Å². The van der Waals surface area contributed by atoms with Gasteiger partial charge in [0.2, 0.25) is 10.0 Å². The molecular weight excluding hydrogens is 307 g/mol. The zero-order chi connectivity index (χ0) is 14.0. The Labute approximate surface area is 122 Å². The van der Waals surface area contributed by atoms with E-state index in [-0.39, 0.29) is 21.0 Å². The van der Waals surface area contributed by atoms with Gasteiger partial charge in [0.15, 0.2) is 0 Å². The number of nitrogens with two attached hydrogens (primary N) is 1. The molecule has 1 aliphatic rings. The first-order chi connectivity index (χ1) is 8.90. The van der Waals surface area contributed by atoms with E-state index in [9.17, 15) is 8.42 Å². The van der Waals surface area contributed by atoms with Gasteiger partial charge in [0.25, 0.3) is 0 Å². The molecule has 0 heterocycles. The Kier molecular flexibility index (Phi) is 4.40. The van der Waals surface area contributed by atoms with Gasteiger partial charge in [-0.3, -0.25) is 0 Å². The number of nitrogen functional groups attached to an aromatic ring is 1. The minimum Gasteiger partial charge on any atom is -0.399 e. The van der Waals surface area contributed by atoms with E-state index in [4.69, 9.17) is 28.9 Å². The van der Waals surface area contributed by atoms with Gasteiger partial charge in [-0.1, -0.05) is 35.4 Å². The highest BCUT2D eigenvalue weighted by Crippen LogP contribution is 2.32. The Hall–Kier alpha value is -0.750. The number of nitrogens with one attached hydrogen (secondary N) is 1. The van der Waals surface area contributed by atoms with Gasteiger partial charge >= 0.3 is 0 Å². The molecule has 0 spiro atoms. The van der Waals surface area contributed by atoms with Gasteiger partial charge < -0.3 is 5.73 Å². The third-order valence-corrected chi connectivity index (χ3v) is 5.32. The molecule has 4 nitrogen and oxygen atoms in total. The molecule has 19 heavy (non-hydrogen) atoms. The summed E-state index contributed by atoms with van der Waals surface area (Å²) < 4.78 is 27.2. The van der Waals surface area contributed by atoms with Crippen molar-refractivity contribution < 1.29 is 8.42 Å². The monoisotopic (exact) mass is 320 g/mol. The lowest BCUT2D eigenvalue weighted by atomic mass is 10.0. The van der Waals surface area contributed by atoms with Crippen molar-refractivity contribution in [3.05, 3.63) is 34.3 Å².